The van der Waals surface area contributed by atoms with Crippen LogP contribution in [0.5, 0.6) is 0 Å². The molecule has 2 N–H and O–H groups in total. The second kappa shape index (κ2) is 5.51. The van der Waals surface area contributed by atoms with Crippen molar-refractivity contribution < 1.29 is 22.7 Å². The summed E-state index contributed by atoms with van der Waals surface area (Å²) in [5.41, 5.74) is 0.234. The highest BCUT2D eigenvalue weighted by Gasteiger charge is 2.17. The summed E-state index contributed by atoms with van der Waals surface area (Å²) in [6.45, 7) is 0. The number of carbonyl (C=O) groups is 1. The predicted molar refractivity (Wildman–Crippen MR) is 68.5 cm³/mol. The molecule has 2 rings (SSSR count). The van der Waals surface area contributed by atoms with Crippen molar-refractivity contribution in [3.05, 3.63) is 35.4 Å². The van der Waals surface area contributed by atoms with E-state index in [0.717, 1.165) is 29.8 Å². The summed E-state index contributed by atoms with van der Waals surface area (Å²) in [6.07, 6.45) is 1.57. The molecule has 0 fully saturated rings. The molecule has 0 aliphatic heterocycles. The number of hydrogen-bond donors (Lipinski definition) is 2. The molecule has 0 aliphatic carbocycles. The first kappa shape index (κ1) is 14.3. The normalized spacial score (nSPS) is 11.2. The average Bonchev–Trinajstić information content (AvgIpc) is 2.74. The lowest BCUT2D eigenvalue weighted by Crippen LogP contribution is -2.13. The van der Waals surface area contributed by atoms with E-state index in [2.05, 4.69) is 14.7 Å². The van der Waals surface area contributed by atoms with Gasteiger partial charge in [-0.2, -0.15) is 0 Å². The number of carboxylic acids is 1. The Morgan fingerprint density at radius 2 is 2.20 bits per heavy atom. The highest BCUT2D eigenvalue weighted by Crippen LogP contribution is 2.20. The van der Waals surface area contributed by atoms with E-state index in [-0.39, 0.29) is 22.1 Å². The van der Waals surface area contributed by atoms with Crippen LogP contribution < -0.4 is 4.72 Å². The summed E-state index contributed by atoms with van der Waals surface area (Å²) < 4.78 is 38.9. The molecule has 0 aliphatic rings. The van der Waals surface area contributed by atoms with Crippen LogP contribution in [0.2, 0.25) is 0 Å². The summed E-state index contributed by atoms with van der Waals surface area (Å²) in [6, 6.07) is 0.821. The molecule has 20 heavy (non-hydrogen) atoms. The van der Waals surface area contributed by atoms with Gasteiger partial charge in [0, 0.05) is 11.6 Å². The van der Waals surface area contributed by atoms with Gasteiger partial charge in [0.15, 0.2) is 5.13 Å². The van der Waals surface area contributed by atoms with Gasteiger partial charge in [-0.1, -0.05) is 0 Å². The number of halogens is 1. The molecule has 0 saturated carbocycles. The fraction of sp³-hybridized carbons (Fsp3) is 0.100. The molecular formula is C10H8FN3O4S2. The maximum Gasteiger partial charge on any atom is 0.309 e. The average molecular weight is 317 g/mol. The third kappa shape index (κ3) is 3.48. The standard InChI is InChI=1S/C10H8FN3O4S2/c11-6-1-8(4-12-3-6)20(17,18)14-10-13-7(5-19-10)2-9(15)16/h1,3-5H,2H2,(H,13,14)(H,15,16). The molecule has 0 radical (unpaired) electrons. The molecule has 106 valence electrons. The van der Waals surface area contributed by atoms with Crippen molar-refractivity contribution in [1.29, 1.82) is 0 Å². The van der Waals surface area contributed by atoms with Gasteiger partial charge in [-0.25, -0.2) is 17.8 Å². The Balaban J connectivity index is 2.20. The molecule has 0 aromatic carbocycles. The van der Waals surface area contributed by atoms with Gasteiger partial charge < -0.3 is 5.11 Å². The summed E-state index contributed by atoms with van der Waals surface area (Å²) in [4.78, 5) is 17.4. The maximum absolute atomic E-state index is 13.0. The van der Waals surface area contributed by atoms with Crippen LogP contribution in [0, 0.1) is 5.82 Å². The predicted octanol–water partition coefficient (Wildman–Crippen LogP) is 1.11. The molecule has 0 bridgehead atoms. The number of rotatable bonds is 5. The Hall–Kier alpha value is -2.07. The van der Waals surface area contributed by atoms with E-state index >= 15 is 0 Å². The lowest BCUT2D eigenvalue weighted by atomic mass is 10.3. The van der Waals surface area contributed by atoms with Gasteiger partial charge in [0.05, 0.1) is 18.3 Å². The first-order chi connectivity index (χ1) is 9.37. The molecule has 0 unspecified atom stereocenters. The summed E-state index contributed by atoms with van der Waals surface area (Å²) in [5.74, 6) is -1.85. The molecule has 10 heteroatoms. The SMILES string of the molecule is O=C(O)Cc1csc(NS(=O)(=O)c2cncc(F)c2)n1. The Bertz CT molecular complexity index is 744. The molecule has 0 amide bonds. The molecule has 2 heterocycles. The van der Waals surface area contributed by atoms with Crippen LogP contribution in [0.15, 0.2) is 28.7 Å². The van der Waals surface area contributed by atoms with Gasteiger partial charge >= 0.3 is 5.97 Å². The van der Waals surface area contributed by atoms with E-state index in [1.807, 2.05) is 0 Å². The number of nitrogens with zero attached hydrogens (tertiary/aromatic N) is 2. The number of thiazole rings is 1. The van der Waals surface area contributed by atoms with Crippen molar-refractivity contribution in [3.8, 4) is 0 Å². The van der Waals surface area contributed by atoms with Crippen molar-refractivity contribution in [2.24, 2.45) is 0 Å². The van der Waals surface area contributed by atoms with Gasteiger partial charge in [-0.3, -0.25) is 14.5 Å². The lowest BCUT2D eigenvalue weighted by molar-refractivity contribution is -0.136. The zero-order chi connectivity index (χ0) is 14.8. The van der Waals surface area contributed by atoms with Crippen LogP contribution in [-0.2, 0) is 21.2 Å². The van der Waals surface area contributed by atoms with E-state index in [1.54, 1.807) is 0 Å². The third-order valence-corrected chi connectivity index (χ3v) is 4.34. The fourth-order valence-electron chi connectivity index (χ4n) is 1.30. The van der Waals surface area contributed by atoms with Gasteiger partial charge in [-0.05, 0) is 6.07 Å². The Kier molecular flexibility index (Phi) is 3.95. The number of aliphatic carboxylic acids is 1. The van der Waals surface area contributed by atoms with E-state index < -0.39 is 21.8 Å². The first-order valence-corrected chi connectivity index (χ1v) is 7.53. The maximum atomic E-state index is 13.0. The largest absolute Gasteiger partial charge is 0.481 e. The number of carboxylic acid groups (broad SMARTS) is 1. The number of anilines is 1. The van der Waals surface area contributed by atoms with Crippen LogP contribution in [0.3, 0.4) is 0 Å². The Labute approximate surface area is 117 Å². The molecule has 2 aromatic rings. The molecule has 0 atom stereocenters. The van der Waals surface area contributed by atoms with E-state index in [1.165, 1.54) is 5.38 Å². The van der Waals surface area contributed by atoms with E-state index in [9.17, 15) is 17.6 Å². The fourth-order valence-corrected chi connectivity index (χ4v) is 3.24. The second-order valence-corrected chi connectivity index (χ2v) is 6.20. The van der Waals surface area contributed by atoms with Crippen LogP contribution in [0.4, 0.5) is 9.52 Å². The van der Waals surface area contributed by atoms with Crippen LogP contribution >= 0.6 is 11.3 Å². The monoisotopic (exact) mass is 317 g/mol. The van der Waals surface area contributed by atoms with Crippen LogP contribution in [0.25, 0.3) is 0 Å². The summed E-state index contributed by atoms with van der Waals surface area (Å²) >= 11 is 0.938. The van der Waals surface area contributed by atoms with Gasteiger partial charge in [-0.15, -0.1) is 11.3 Å². The van der Waals surface area contributed by atoms with Crippen molar-refractivity contribution in [3.63, 3.8) is 0 Å². The van der Waals surface area contributed by atoms with E-state index in [4.69, 9.17) is 5.11 Å². The van der Waals surface area contributed by atoms with Crippen LogP contribution in [-0.4, -0.2) is 29.5 Å². The Morgan fingerprint density at radius 3 is 2.85 bits per heavy atom. The number of sulfonamides is 1. The smallest absolute Gasteiger partial charge is 0.309 e. The zero-order valence-corrected chi connectivity index (χ0v) is 11.4. The van der Waals surface area contributed by atoms with Crippen molar-refractivity contribution >= 4 is 32.5 Å². The lowest BCUT2D eigenvalue weighted by Gasteiger charge is -2.04. The van der Waals surface area contributed by atoms with Crippen molar-refractivity contribution in [2.45, 2.75) is 11.3 Å². The molecule has 0 spiro atoms. The number of nitrogens with one attached hydrogen (secondary N) is 1. The highest BCUT2D eigenvalue weighted by molar-refractivity contribution is 7.93. The van der Waals surface area contributed by atoms with E-state index in [0.29, 0.717) is 0 Å². The number of hydrogen-bond acceptors (Lipinski definition) is 6. The summed E-state index contributed by atoms with van der Waals surface area (Å²) in [7, 11) is -4.00. The van der Waals surface area contributed by atoms with Gasteiger partial charge in [0.1, 0.15) is 10.7 Å². The molecule has 2 aromatic heterocycles. The second-order valence-electron chi connectivity index (χ2n) is 3.66. The summed E-state index contributed by atoms with van der Waals surface area (Å²) in [5, 5.41) is 10.0. The third-order valence-electron chi connectivity index (χ3n) is 2.10. The minimum absolute atomic E-state index is 0.00510. The topological polar surface area (TPSA) is 109 Å². The highest BCUT2D eigenvalue weighted by atomic mass is 32.2. The zero-order valence-electron chi connectivity index (χ0n) is 9.78. The Morgan fingerprint density at radius 1 is 1.45 bits per heavy atom. The van der Waals surface area contributed by atoms with Crippen molar-refractivity contribution in [2.75, 3.05) is 4.72 Å². The van der Waals surface area contributed by atoms with Crippen molar-refractivity contribution in [1.82, 2.24) is 9.97 Å². The molecular weight excluding hydrogens is 309 g/mol. The minimum atomic E-state index is -4.00. The molecule has 0 saturated heterocycles. The number of pyridine rings is 1. The first-order valence-electron chi connectivity index (χ1n) is 5.16. The quantitative estimate of drug-likeness (QED) is 0.855. The van der Waals surface area contributed by atoms with Crippen LogP contribution in [0.1, 0.15) is 5.69 Å². The van der Waals surface area contributed by atoms with Gasteiger partial charge in [0.25, 0.3) is 10.0 Å². The number of aromatic nitrogens is 2. The molecule has 7 nitrogen and oxygen atoms in total. The van der Waals surface area contributed by atoms with Gasteiger partial charge in [0.2, 0.25) is 0 Å². The minimum Gasteiger partial charge on any atom is -0.481 e.